The van der Waals surface area contributed by atoms with Gasteiger partial charge in [-0.25, -0.2) is 17.9 Å². The van der Waals surface area contributed by atoms with Crippen molar-refractivity contribution >= 4 is 27.2 Å². The van der Waals surface area contributed by atoms with Crippen LogP contribution in [0, 0.1) is 0 Å². The smallest absolute Gasteiger partial charge is 0.261 e. The van der Waals surface area contributed by atoms with Crippen LogP contribution in [-0.2, 0) is 10.0 Å². The third-order valence-electron chi connectivity index (χ3n) is 3.26. The quantitative estimate of drug-likeness (QED) is 0.422. The van der Waals surface area contributed by atoms with Crippen molar-refractivity contribution in [1.82, 2.24) is 9.79 Å². The molecular formula is C17H21FN2O3S2. The van der Waals surface area contributed by atoms with Gasteiger partial charge in [0.05, 0.1) is 10.9 Å². The van der Waals surface area contributed by atoms with Gasteiger partial charge in [0, 0.05) is 6.20 Å². The van der Waals surface area contributed by atoms with E-state index in [0.29, 0.717) is 10.6 Å². The van der Waals surface area contributed by atoms with E-state index in [2.05, 4.69) is 4.72 Å². The van der Waals surface area contributed by atoms with Gasteiger partial charge in [0.15, 0.2) is 0 Å². The minimum atomic E-state index is -3.76. The van der Waals surface area contributed by atoms with E-state index in [9.17, 15) is 18.0 Å². The van der Waals surface area contributed by atoms with Crippen molar-refractivity contribution in [3.63, 3.8) is 0 Å². The number of halogens is 1. The van der Waals surface area contributed by atoms with Gasteiger partial charge < -0.3 is 0 Å². The van der Waals surface area contributed by atoms with Crippen LogP contribution in [0.5, 0.6) is 0 Å². The summed E-state index contributed by atoms with van der Waals surface area (Å²) in [6.45, 7) is 5.01. The molecule has 0 bridgehead atoms. The van der Waals surface area contributed by atoms with Gasteiger partial charge in [-0.05, 0) is 56.7 Å². The molecule has 0 fully saturated rings. The van der Waals surface area contributed by atoms with Gasteiger partial charge in [-0.1, -0.05) is 30.4 Å². The Morgan fingerprint density at radius 2 is 1.96 bits per heavy atom. The largest absolute Gasteiger partial charge is 0.287 e. The fourth-order valence-electron chi connectivity index (χ4n) is 1.89. The summed E-state index contributed by atoms with van der Waals surface area (Å²) in [7, 11) is -3.76. The summed E-state index contributed by atoms with van der Waals surface area (Å²) in [4.78, 5) is 0.365. The molecule has 8 heteroatoms. The molecule has 0 aromatic heterocycles. The first-order chi connectivity index (χ1) is 11.7. The van der Waals surface area contributed by atoms with E-state index in [-0.39, 0.29) is 4.90 Å². The number of thiocarbonyl (C=S) groups is 1. The molecule has 0 amide bonds. The highest BCUT2D eigenvalue weighted by atomic mass is 32.2. The third kappa shape index (κ3) is 6.41. The first kappa shape index (κ1) is 21.0. The maximum absolute atomic E-state index is 13.1. The van der Waals surface area contributed by atoms with Crippen molar-refractivity contribution in [2.24, 2.45) is 0 Å². The molecule has 1 unspecified atom stereocenters. The summed E-state index contributed by atoms with van der Waals surface area (Å²) in [5, 5.41) is 10.8. The van der Waals surface area contributed by atoms with Gasteiger partial charge in [0.2, 0.25) is 0 Å². The van der Waals surface area contributed by atoms with Crippen LogP contribution in [0.25, 0.3) is 0 Å². The van der Waals surface area contributed by atoms with Gasteiger partial charge >= 0.3 is 0 Å². The zero-order chi connectivity index (χ0) is 19.0. The van der Waals surface area contributed by atoms with Crippen LogP contribution in [0.2, 0.25) is 0 Å². The molecule has 1 rings (SSSR count). The molecule has 0 heterocycles. The zero-order valence-corrected chi connectivity index (χ0v) is 15.8. The summed E-state index contributed by atoms with van der Waals surface area (Å²) in [5.74, 6) is -0.487. The molecular weight excluding hydrogens is 363 g/mol. The van der Waals surface area contributed by atoms with Crippen LogP contribution in [0.4, 0.5) is 4.39 Å². The number of rotatable bonds is 7. The molecule has 0 saturated heterocycles. The molecule has 5 nitrogen and oxygen atoms in total. The number of benzene rings is 1. The predicted molar refractivity (Wildman–Crippen MR) is 100 cm³/mol. The van der Waals surface area contributed by atoms with Crippen LogP contribution in [0.3, 0.4) is 0 Å². The Bertz CT molecular complexity index is 785. The second kappa shape index (κ2) is 9.45. The highest BCUT2D eigenvalue weighted by molar-refractivity contribution is 7.89. The molecule has 1 aromatic rings. The van der Waals surface area contributed by atoms with Crippen molar-refractivity contribution < 1.29 is 18.0 Å². The van der Waals surface area contributed by atoms with Crippen molar-refractivity contribution in [2.75, 3.05) is 0 Å². The van der Waals surface area contributed by atoms with Crippen LogP contribution < -0.4 is 4.72 Å². The summed E-state index contributed by atoms with van der Waals surface area (Å²) in [6, 6.07) is 5.63. The molecule has 1 atom stereocenters. The summed E-state index contributed by atoms with van der Waals surface area (Å²) >= 11 is 4.90. The number of hydroxylamine groups is 2. The summed E-state index contributed by atoms with van der Waals surface area (Å²) in [5.41, 5.74) is 0.706. The van der Waals surface area contributed by atoms with Gasteiger partial charge in [-0.2, -0.15) is 0 Å². The SMILES string of the molecule is C\C=C/C(F)=C\C=C\NS(=O)(=O)c1ccc(C(C)N(O)C(C)=S)cc1. The van der Waals surface area contributed by atoms with E-state index in [1.54, 1.807) is 32.9 Å². The lowest BCUT2D eigenvalue weighted by Crippen LogP contribution is -2.26. The van der Waals surface area contributed by atoms with E-state index in [4.69, 9.17) is 12.2 Å². The fraction of sp³-hybridized carbons (Fsp3) is 0.235. The van der Waals surface area contributed by atoms with Crippen LogP contribution in [-0.4, -0.2) is 23.7 Å². The molecule has 25 heavy (non-hydrogen) atoms. The number of hydrogen-bond donors (Lipinski definition) is 2. The second-order valence-electron chi connectivity index (χ2n) is 5.14. The average Bonchev–Trinajstić information content (AvgIpc) is 2.57. The maximum Gasteiger partial charge on any atom is 0.261 e. The van der Waals surface area contributed by atoms with Crippen LogP contribution in [0.15, 0.2) is 65.5 Å². The summed E-state index contributed by atoms with van der Waals surface area (Å²) < 4.78 is 39.6. The van der Waals surface area contributed by atoms with Crippen molar-refractivity contribution in [2.45, 2.75) is 31.7 Å². The van der Waals surface area contributed by atoms with Crippen molar-refractivity contribution in [3.8, 4) is 0 Å². The topological polar surface area (TPSA) is 69.6 Å². The molecule has 2 N–H and O–H groups in total. The van der Waals surface area contributed by atoms with E-state index in [1.807, 2.05) is 0 Å². The minimum absolute atomic E-state index is 0.0505. The lowest BCUT2D eigenvalue weighted by molar-refractivity contribution is -0.0469. The maximum atomic E-state index is 13.1. The lowest BCUT2D eigenvalue weighted by Gasteiger charge is -2.23. The zero-order valence-electron chi connectivity index (χ0n) is 14.2. The number of hydrogen-bond acceptors (Lipinski definition) is 4. The normalized spacial score (nSPS) is 14.0. The molecule has 0 aliphatic heterocycles. The van der Waals surface area contributed by atoms with Gasteiger partial charge in [0.1, 0.15) is 10.8 Å². The predicted octanol–water partition coefficient (Wildman–Crippen LogP) is 4.01. The average molecular weight is 384 g/mol. The minimum Gasteiger partial charge on any atom is -0.287 e. The van der Waals surface area contributed by atoms with Gasteiger partial charge in [-0.3, -0.25) is 9.93 Å². The van der Waals surface area contributed by atoms with E-state index in [0.717, 1.165) is 17.3 Å². The van der Waals surface area contributed by atoms with Crippen molar-refractivity contribution in [1.29, 1.82) is 0 Å². The second-order valence-corrected chi connectivity index (χ2v) is 7.45. The molecule has 0 spiro atoms. The Morgan fingerprint density at radius 1 is 1.36 bits per heavy atom. The Kier molecular flexibility index (Phi) is 7.95. The Morgan fingerprint density at radius 3 is 2.48 bits per heavy atom. The molecule has 0 radical (unpaired) electrons. The van der Waals surface area contributed by atoms with Crippen LogP contribution >= 0.6 is 12.2 Å². The molecule has 0 aliphatic carbocycles. The van der Waals surface area contributed by atoms with Gasteiger partial charge in [-0.15, -0.1) is 0 Å². The Hall–Kier alpha value is -2.03. The molecule has 0 saturated carbocycles. The molecule has 136 valence electrons. The van der Waals surface area contributed by atoms with E-state index < -0.39 is 21.9 Å². The Balaban J connectivity index is 2.85. The number of nitrogens with one attached hydrogen (secondary N) is 1. The number of allylic oxidation sites excluding steroid dienone is 5. The van der Waals surface area contributed by atoms with Gasteiger partial charge in [0.25, 0.3) is 10.0 Å². The first-order valence-corrected chi connectivity index (χ1v) is 9.34. The van der Waals surface area contributed by atoms with E-state index >= 15 is 0 Å². The molecule has 1 aromatic carbocycles. The highest BCUT2D eigenvalue weighted by Crippen LogP contribution is 2.21. The lowest BCUT2D eigenvalue weighted by atomic mass is 10.1. The summed E-state index contributed by atoms with van der Waals surface area (Å²) in [6.07, 6.45) is 6.32. The third-order valence-corrected chi connectivity index (χ3v) is 4.79. The Labute approximate surface area is 153 Å². The monoisotopic (exact) mass is 384 g/mol. The number of nitrogens with zero attached hydrogens (tertiary/aromatic N) is 1. The van der Waals surface area contributed by atoms with Crippen LogP contribution in [0.1, 0.15) is 32.4 Å². The first-order valence-electron chi connectivity index (χ1n) is 7.45. The highest BCUT2D eigenvalue weighted by Gasteiger charge is 2.16. The number of sulfonamides is 1. The molecule has 0 aliphatic rings. The van der Waals surface area contributed by atoms with E-state index in [1.165, 1.54) is 30.4 Å². The standard InChI is InChI=1S/C17H21FN2O3S2/c1-4-6-16(18)7-5-12-19-25(22,23)17-10-8-15(9-11-17)13(2)20(21)14(3)24/h4-13,19,21H,1-3H3/b6-4-,12-5+,16-7+. The van der Waals surface area contributed by atoms with Crippen molar-refractivity contribution in [3.05, 3.63) is 66.2 Å². The fourth-order valence-corrected chi connectivity index (χ4v) is 2.94.